The zero-order chi connectivity index (χ0) is 13.6. The lowest BCUT2D eigenvalue weighted by Crippen LogP contribution is -2.48. The van der Waals surface area contributed by atoms with E-state index in [1.54, 1.807) is 0 Å². The predicted octanol–water partition coefficient (Wildman–Crippen LogP) is 3.38. The lowest BCUT2D eigenvalue weighted by atomic mass is 9.97. The SMILES string of the molecule is CC(C)CC(C)N(C)C(CNC(C)C)C(C)C. The first-order valence-corrected chi connectivity index (χ1v) is 7.21. The van der Waals surface area contributed by atoms with Gasteiger partial charge in [-0.1, -0.05) is 41.5 Å². The molecule has 0 spiro atoms. The van der Waals surface area contributed by atoms with E-state index in [1.807, 2.05) is 0 Å². The predicted molar refractivity (Wildman–Crippen MR) is 78.4 cm³/mol. The first-order chi connectivity index (χ1) is 7.75. The molecule has 0 aromatic carbocycles. The van der Waals surface area contributed by atoms with Gasteiger partial charge in [0, 0.05) is 24.7 Å². The summed E-state index contributed by atoms with van der Waals surface area (Å²) in [6, 6.07) is 1.87. The molecule has 1 N–H and O–H groups in total. The third kappa shape index (κ3) is 7.05. The highest BCUT2D eigenvalue weighted by molar-refractivity contribution is 4.79. The molecule has 0 radical (unpaired) electrons. The van der Waals surface area contributed by atoms with Gasteiger partial charge in [-0.3, -0.25) is 4.90 Å². The van der Waals surface area contributed by atoms with Crippen molar-refractivity contribution in [2.24, 2.45) is 11.8 Å². The molecule has 0 aliphatic heterocycles. The Labute approximate surface area is 109 Å². The van der Waals surface area contributed by atoms with Gasteiger partial charge < -0.3 is 5.32 Å². The van der Waals surface area contributed by atoms with Gasteiger partial charge in [0.05, 0.1) is 0 Å². The molecule has 2 unspecified atom stereocenters. The summed E-state index contributed by atoms with van der Waals surface area (Å²) in [5.41, 5.74) is 0. The van der Waals surface area contributed by atoms with Crippen molar-refractivity contribution in [3.05, 3.63) is 0 Å². The van der Waals surface area contributed by atoms with Gasteiger partial charge in [0.15, 0.2) is 0 Å². The van der Waals surface area contributed by atoms with Crippen molar-refractivity contribution in [1.29, 1.82) is 0 Å². The molecule has 0 rings (SSSR count). The molecule has 0 saturated heterocycles. The van der Waals surface area contributed by atoms with E-state index < -0.39 is 0 Å². The molecule has 2 nitrogen and oxygen atoms in total. The van der Waals surface area contributed by atoms with Crippen molar-refractivity contribution < 1.29 is 0 Å². The molecule has 0 saturated carbocycles. The second-order valence-electron chi connectivity index (χ2n) is 6.52. The highest BCUT2D eigenvalue weighted by atomic mass is 15.2. The maximum absolute atomic E-state index is 3.57. The van der Waals surface area contributed by atoms with E-state index in [4.69, 9.17) is 0 Å². The number of rotatable bonds is 8. The summed E-state index contributed by atoms with van der Waals surface area (Å²) in [5.74, 6) is 1.47. The van der Waals surface area contributed by atoms with Crippen LogP contribution in [-0.2, 0) is 0 Å². The standard InChI is InChI=1S/C15H34N2/c1-11(2)9-14(7)17(8)15(12(3)4)10-16-13(5)6/h11-16H,9-10H2,1-8H3. The fraction of sp³-hybridized carbons (Fsp3) is 1.00. The zero-order valence-corrected chi connectivity index (χ0v) is 13.2. The summed E-state index contributed by atoms with van der Waals surface area (Å²) in [6.07, 6.45) is 1.28. The minimum Gasteiger partial charge on any atom is -0.313 e. The van der Waals surface area contributed by atoms with Crippen molar-refractivity contribution in [2.75, 3.05) is 13.6 Å². The van der Waals surface area contributed by atoms with Gasteiger partial charge in [-0.15, -0.1) is 0 Å². The Kier molecular flexibility index (Phi) is 8.06. The highest BCUT2D eigenvalue weighted by Gasteiger charge is 2.23. The Bertz CT molecular complexity index is 187. The minimum atomic E-state index is 0.574. The number of hydrogen-bond donors (Lipinski definition) is 1. The quantitative estimate of drug-likeness (QED) is 0.702. The van der Waals surface area contributed by atoms with Gasteiger partial charge in [-0.05, 0) is 32.2 Å². The maximum atomic E-state index is 3.57. The van der Waals surface area contributed by atoms with E-state index in [2.05, 4.69) is 65.7 Å². The van der Waals surface area contributed by atoms with Crippen LogP contribution in [0.2, 0.25) is 0 Å². The highest BCUT2D eigenvalue weighted by Crippen LogP contribution is 2.16. The molecule has 0 heterocycles. The summed E-state index contributed by atoms with van der Waals surface area (Å²) in [5, 5.41) is 3.57. The van der Waals surface area contributed by atoms with Crippen LogP contribution in [0.25, 0.3) is 0 Å². The van der Waals surface area contributed by atoms with Crippen molar-refractivity contribution in [2.45, 2.75) is 73.0 Å². The normalized spacial score (nSPS) is 16.2. The summed E-state index contributed by atoms with van der Waals surface area (Å²) in [4.78, 5) is 2.56. The molecule has 2 heteroatoms. The third-order valence-electron chi connectivity index (χ3n) is 3.54. The molecule has 0 aromatic heterocycles. The molecule has 104 valence electrons. The zero-order valence-electron chi connectivity index (χ0n) is 13.2. The molecule has 0 aromatic rings. The topological polar surface area (TPSA) is 15.3 Å². The second-order valence-corrected chi connectivity index (χ2v) is 6.52. The summed E-state index contributed by atoms with van der Waals surface area (Å²) >= 11 is 0. The average Bonchev–Trinajstić information content (AvgIpc) is 2.15. The lowest BCUT2D eigenvalue weighted by molar-refractivity contribution is 0.126. The van der Waals surface area contributed by atoms with E-state index in [1.165, 1.54) is 6.42 Å². The van der Waals surface area contributed by atoms with Crippen LogP contribution in [-0.4, -0.2) is 36.6 Å². The van der Waals surface area contributed by atoms with Crippen LogP contribution in [0.3, 0.4) is 0 Å². The van der Waals surface area contributed by atoms with Crippen LogP contribution in [0.4, 0.5) is 0 Å². The van der Waals surface area contributed by atoms with Crippen LogP contribution in [0.1, 0.15) is 54.9 Å². The average molecular weight is 242 g/mol. The summed E-state index contributed by atoms with van der Waals surface area (Å²) < 4.78 is 0. The van der Waals surface area contributed by atoms with E-state index in [9.17, 15) is 0 Å². The summed E-state index contributed by atoms with van der Waals surface area (Å²) in [6.45, 7) is 17.1. The minimum absolute atomic E-state index is 0.574. The van der Waals surface area contributed by atoms with Crippen molar-refractivity contribution in [3.63, 3.8) is 0 Å². The molecular formula is C15H34N2. The van der Waals surface area contributed by atoms with Gasteiger partial charge in [0.2, 0.25) is 0 Å². The van der Waals surface area contributed by atoms with Crippen LogP contribution >= 0.6 is 0 Å². The van der Waals surface area contributed by atoms with Crippen molar-refractivity contribution in [1.82, 2.24) is 10.2 Å². The van der Waals surface area contributed by atoms with Gasteiger partial charge in [-0.25, -0.2) is 0 Å². The second kappa shape index (κ2) is 8.10. The van der Waals surface area contributed by atoms with Gasteiger partial charge in [0.1, 0.15) is 0 Å². The fourth-order valence-electron chi connectivity index (χ4n) is 2.38. The smallest absolute Gasteiger partial charge is 0.0243 e. The Balaban J connectivity index is 4.37. The van der Waals surface area contributed by atoms with Crippen molar-refractivity contribution >= 4 is 0 Å². The molecule has 2 atom stereocenters. The third-order valence-corrected chi connectivity index (χ3v) is 3.54. The first kappa shape index (κ1) is 16.9. The monoisotopic (exact) mass is 242 g/mol. The van der Waals surface area contributed by atoms with Gasteiger partial charge >= 0.3 is 0 Å². The molecule has 0 aliphatic carbocycles. The van der Waals surface area contributed by atoms with Crippen molar-refractivity contribution in [3.8, 4) is 0 Å². The Morgan fingerprint density at radius 3 is 1.82 bits per heavy atom. The Morgan fingerprint density at radius 2 is 1.47 bits per heavy atom. The van der Waals surface area contributed by atoms with Crippen LogP contribution in [0, 0.1) is 11.8 Å². The summed E-state index contributed by atoms with van der Waals surface area (Å²) in [7, 11) is 2.28. The molecule has 17 heavy (non-hydrogen) atoms. The number of nitrogens with zero attached hydrogens (tertiary/aromatic N) is 1. The fourth-order valence-corrected chi connectivity index (χ4v) is 2.38. The first-order valence-electron chi connectivity index (χ1n) is 7.21. The lowest BCUT2D eigenvalue weighted by Gasteiger charge is -2.37. The van der Waals surface area contributed by atoms with Crippen LogP contribution in [0.15, 0.2) is 0 Å². The van der Waals surface area contributed by atoms with Crippen LogP contribution in [0.5, 0.6) is 0 Å². The van der Waals surface area contributed by atoms with Crippen LogP contribution < -0.4 is 5.32 Å². The van der Waals surface area contributed by atoms with Gasteiger partial charge in [-0.2, -0.15) is 0 Å². The Morgan fingerprint density at radius 1 is 0.941 bits per heavy atom. The molecule has 0 amide bonds. The van der Waals surface area contributed by atoms with E-state index >= 15 is 0 Å². The maximum Gasteiger partial charge on any atom is 0.0243 e. The van der Waals surface area contributed by atoms with E-state index in [-0.39, 0.29) is 0 Å². The van der Waals surface area contributed by atoms with Gasteiger partial charge in [0.25, 0.3) is 0 Å². The van der Waals surface area contributed by atoms with E-state index in [0.717, 1.165) is 12.5 Å². The van der Waals surface area contributed by atoms with E-state index in [0.29, 0.717) is 24.0 Å². The molecular weight excluding hydrogens is 208 g/mol. The number of likely N-dealkylation sites (N-methyl/N-ethyl adjacent to an activating group) is 1. The largest absolute Gasteiger partial charge is 0.313 e. The number of hydrogen-bond acceptors (Lipinski definition) is 2. The molecule has 0 bridgehead atoms. The Hall–Kier alpha value is -0.0800. The number of nitrogens with one attached hydrogen (secondary N) is 1. The molecule has 0 fully saturated rings. The molecule has 0 aliphatic rings.